The molecule has 2 aromatic heterocycles. The Kier molecular flexibility index (Phi) is 3.36. The van der Waals surface area contributed by atoms with E-state index in [9.17, 15) is 0 Å². The van der Waals surface area contributed by atoms with Gasteiger partial charge in [0.1, 0.15) is 11.3 Å². The number of rotatable bonds is 4. The Morgan fingerprint density at radius 1 is 1.38 bits per heavy atom. The van der Waals surface area contributed by atoms with Gasteiger partial charge in [0.15, 0.2) is 10.8 Å². The molecule has 0 amide bonds. The molecule has 0 spiro atoms. The van der Waals surface area contributed by atoms with E-state index in [2.05, 4.69) is 15.0 Å². The molecule has 86 valence electrons. The predicted octanol–water partition coefficient (Wildman–Crippen LogP) is 1.33. The highest BCUT2D eigenvalue weighted by molar-refractivity contribution is 6.33. The first-order valence-electron chi connectivity index (χ1n) is 5.16. The summed E-state index contributed by atoms with van der Waals surface area (Å²) in [6.45, 7) is 0.196. The largest absolute Gasteiger partial charge is 0.396 e. The standard InChI is InChI=1S/C10H13ClN4O/c1-15-6-12-8-9(11)13-7(14-10(8)15)4-2-3-5-16/h6,16H,2-5H2,1H3. The van der Waals surface area contributed by atoms with E-state index in [1.165, 1.54) is 0 Å². The lowest BCUT2D eigenvalue weighted by atomic mass is 10.2. The smallest absolute Gasteiger partial charge is 0.164 e. The van der Waals surface area contributed by atoms with Gasteiger partial charge in [-0.25, -0.2) is 15.0 Å². The van der Waals surface area contributed by atoms with Crippen LogP contribution >= 0.6 is 11.6 Å². The van der Waals surface area contributed by atoms with E-state index in [4.69, 9.17) is 16.7 Å². The first-order chi connectivity index (χ1) is 7.72. The molecule has 2 aromatic rings. The second kappa shape index (κ2) is 4.76. The fraction of sp³-hybridized carbons (Fsp3) is 0.500. The van der Waals surface area contributed by atoms with E-state index in [0.29, 0.717) is 16.5 Å². The molecule has 0 aliphatic carbocycles. The number of hydrogen-bond acceptors (Lipinski definition) is 4. The van der Waals surface area contributed by atoms with Gasteiger partial charge in [-0.05, 0) is 12.8 Å². The highest BCUT2D eigenvalue weighted by Crippen LogP contribution is 2.18. The average Bonchev–Trinajstić information content (AvgIpc) is 2.62. The zero-order valence-electron chi connectivity index (χ0n) is 9.02. The molecule has 0 saturated heterocycles. The molecule has 16 heavy (non-hydrogen) atoms. The summed E-state index contributed by atoms with van der Waals surface area (Å²) in [5.74, 6) is 0.703. The lowest BCUT2D eigenvalue weighted by molar-refractivity contribution is 0.284. The number of aryl methyl sites for hydroxylation is 2. The normalized spacial score (nSPS) is 11.2. The molecule has 2 heterocycles. The van der Waals surface area contributed by atoms with Crippen molar-refractivity contribution in [3.05, 3.63) is 17.3 Å². The number of fused-ring (bicyclic) bond motifs is 1. The van der Waals surface area contributed by atoms with E-state index < -0.39 is 0 Å². The Balaban J connectivity index is 2.29. The molecule has 5 nitrogen and oxygen atoms in total. The van der Waals surface area contributed by atoms with Gasteiger partial charge < -0.3 is 9.67 Å². The van der Waals surface area contributed by atoms with E-state index in [1.807, 2.05) is 11.6 Å². The Morgan fingerprint density at radius 2 is 2.19 bits per heavy atom. The summed E-state index contributed by atoms with van der Waals surface area (Å²) >= 11 is 6.01. The van der Waals surface area contributed by atoms with Gasteiger partial charge in [-0.3, -0.25) is 0 Å². The van der Waals surface area contributed by atoms with Crippen molar-refractivity contribution in [2.45, 2.75) is 19.3 Å². The third-order valence-electron chi connectivity index (χ3n) is 2.37. The highest BCUT2D eigenvalue weighted by atomic mass is 35.5. The van der Waals surface area contributed by atoms with Crippen LogP contribution in [0.25, 0.3) is 11.2 Å². The van der Waals surface area contributed by atoms with Crippen molar-refractivity contribution >= 4 is 22.8 Å². The molecule has 6 heteroatoms. The minimum Gasteiger partial charge on any atom is -0.396 e. The molecule has 0 aromatic carbocycles. The summed E-state index contributed by atoms with van der Waals surface area (Å²) in [5, 5.41) is 9.09. The minimum absolute atomic E-state index is 0.196. The number of aliphatic hydroxyl groups is 1. The van der Waals surface area contributed by atoms with Gasteiger partial charge in [0, 0.05) is 20.1 Å². The summed E-state index contributed by atoms with van der Waals surface area (Å²) in [7, 11) is 1.87. The molecule has 0 bridgehead atoms. The third kappa shape index (κ3) is 2.15. The summed E-state index contributed by atoms with van der Waals surface area (Å²) in [6, 6.07) is 0. The van der Waals surface area contributed by atoms with Crippen LogP contribution in [0.3, 0.4) is 0 Å². The molecule has 0 saturated carbocycles. The zero-order chi connectivity index (χ0) is 11.5. The van der Waals surface area contributed by atoms with Crippen molar-refractivity contribution in [2.24, 2.45) is 7.05 Å². The fourth-order valence-corrected chi connectivity index (χ4v) is 1.75. The van der Waals surface area contributed by atoms with Crippen molar-refractivity contribution in [3.8, 4) is 0 Å². The van der Waals surface area contributed by atoms with Crippen LogP contribution in [0.5, 0.6) is 0 Å². The predicted molar refractivity (Wildman–Crippen MR) is 61.3 cm³/mol. The molecule has 0 aliphatic heterocycles. The first kappa shape index (κ1) is 11.3. The van der Waals surface area contributed by atoms with Crippen LogP contribution in [0.1, 0.15) is 18.7 Å². The van der Waals surface area contributed by atoms with Crippen LogP contribution in [0.4, 0.5) is 0 Å². The van der Waals surface area contributed by atoms with Crippen molar-refractivity contribution < 1.29 is 5.11 Å². The number of aromatic nitrogens is 4. The van der Waals surface area contributed by atoms with Gasteiger partial charge in [-0.2, -0.15) is 0 Å². The summed E-state index contributed by atoms with van der Waals surface area (Å²) in [4.78, 5) is 12.7. The van der Waals surface area contributed by atoms with Crippen molar-refractivity contribution in [2.75, 3.05) is 6.61 Å². The Hall–Kier alpha value is -1.20. The Labute approximate surface area is 98.1 Å². The third-order valence-corrected chi connectivity index (χ3v) is 2.64. The van der Waals surface area contributed by atoms with Crippen LogP contribution in [0.15, 0.2) is 6.33 Å². The van der Waals surface area contributed by atoms with Gasteiger partial charge in [0.2, 0.25) is 0 Å². The van der Waals surface area contributed by atoms with Gasteiger partial charge in [0.25, 0.3) is 0 Å². The second-order valence-corrected chi connectivity index (χ2v) is 4.00. The van der Waals surface area contributed by atoms with E-state index in [1.54, 1.807) is 6.33 Å². The molecular formula is C10H13ClN4O. The van der Waals surface area contributed by atoms with Crippen molar-refractivity contribution in [1.82, 2.24) is 19.5 Å². The van der Waals surface area contributed by atoms with Crippen molar-refractivity contribution in [3.63, 3.8) is 0 Å². The van der Waals surface area contributed by atoms with Crippen LogP contribution in [0.2, 0.25) is 5.15 Å². The van der Waals surface area contributed by atoms with E-state index in [-0.39, 0.29) is 6.61 Å². The Bertz CT molecular complexity index is 497. The minimum atomic E-state index is 0.196. The Morgan fingerprint density at radius 3 is 2.94 bits per heavy atom. The quantitative estimate of drug-likeness (QED) is 0.647. The van der Waals surface area contributed by atoms with Gasteiger partial charge >= 0.3 is 0 Å². The van der Waals surface area contributed by atoms with Gasteiger partial charge in [-0.15, -0.1) is 0 Å². The summed E-state index contributed by atoms with van der Waals surface area (Å²) < 4.78 is 1.82. The van der Waals surface area contributed by atoms with E-state index in [0.717, 1.165) is 24.9 Å². The van der Waals surface area contributed by atoms with Gasteiger partial charge in [0.05, 0.1) is 6.33 Å². The second-order valence-electron chi connectivity index (χ2n) is 3.64. The number of nitrogens with zero attached hydrogens (tertiary/aromatic N) is 4. The number of unbranched alkanes of at least 4 members (excludes halogenated alkanes) is 1. The van der Waals surface area contributed by atoms with Crippen LogP contribution in [-0.2, 0) is 13.5 Å². The molecule has 0 unspecified atom stereocenters. The molecule has 0 atom stereocenters. The highest BCUT2D eigenvalue weighted by Gasteiger charge is 2.09. The monoisotopic (exact) mass is 240 g/mol. The number of hydrogen-bond donors (Lipinski definition) is 1. The average molecular weight is 241 g/mol. The maximum atomic E-state index is 8.70. The molecule has 2 rings (SSSR count). The first-order valence-corrected chi connectivity index (χ1v) is 5.54. The maximum absolute atomic E-state index is 8.70. The van der Waals surface area contributed by atoms with Crippen molar-refractivity contribution in [1.29, 1.82) is 0 Å². The van der Waals surface area contributed by atoms with E-state index >= 15 is 0 Å². The molecule has 0 radical (unpaired) electrons. The molecule has 1 N–H and O–H groups in total. The van der Waals surface area contributed by atoms with Crippen LogP contribution in [0, 0.1) is 0 Å². The fourth-order valence-electron chi connectivity index (χ4n) is 1.52. The molecule has 0 fully saturated rings. The van der Waals surface area contributed by atoms with Gasteiger partial charge in [-0.1, -0.05) is 11.6 Å². The van der Waals surface area contributed by atoms with Crippen LogP contribution < -0.4 is 0 Å². The summed E-state index contributed by atoms with van der Waals surface area (Å²) in [5.41, 5.74) is 1.38. The number of halogens is 1. The van der Waals surface area contributed by atoms with Crippen LogP contribution in [-0.4, -0.2) is 31.2 Å². The zero-order valence-corrected chi connectivity index (χ0v) is 9.78. The number of imidazole rings is 1. The number of aliphatic hydroxyl groups excluding tert-OH is 1. The molecular weight excluding hydrogens is 228 g/mol. The SMILES string of the molecule is Cn1cnc2c(Cl)nc(CCCCO)nc21. The summed E-state index contributed by atoms with van der Waals surface area (Å²) in [6.07, 6.45) is 4.00. The lowest BCUT2D eigenvalue weighted by Gasteiger charge is -2.01. The maximum Gasteiger partial charge on any atom is 0.164 e. The molecule has 0 aliphatic rings. The lowest BCUT2D eigenvalue weighted by Crippen LogP contribution is -1.99. The topological polar surface area (TPSA) is 63.8 Å².